The molecule has 0 spiro atoms. The summed E-state index contributed by atoms with van der Waals surface area (Å²) in [6.45, 7) is 6.51. The Balaban J connectivity index is 1.59. The molecule has 1 amide bonds. The zero-order chi connectivity index (χ0) is 23.6. The monoisotopic (exact) mass is 525 g/mol. The number of nitrogens with one attached hydrogen (secondary N) is 1. The molecule has 0 aliphatic carbocycles. The molecule has 1 N–H and O–H groups in total. The molecule has 0 fully saturated rings. The van der Waals surface area contributed by atoms with Crippen LogP contribution in [0.25, 0.3) is 17.5 Å². The van der Waals surface area contributed by atoms with Gasteiger partial charge in [-0.15, -0.1) is 10.2 Å². The van der Waals surface area contributed by atoms with Crippen LogP contribution in [0.2, 0.25) is 0 Å². The van der Waals surface area contributed by atoms with Crippen LogP contribution in [0.15, 0.2) is 81.5 Å². The Labute approximate surface area is 205 Å². The largest absolute Gasteiger partial charge is 0.496 e. The van der Waals surface area contributed by atoms with Gasteiger partial charge in [-0.3, -0.25) is 9.36 Å². The van der Waals surface area contributed by atoms with E-state index in [0.717, 1.165) is 32.7 Å². The highest BCUT2D eigenvalue weighted by molar-refractivity contribution is 9.10. The van der Waals surface area contributed by atoms with Crippen LogP contribution in [-0.4, -0.2) is 39.7 Å². The number of thioether (sulfide) groups is 1. The summed E-state index contributed by atoms with van der Waals surface area (Å²) < 4.78 is 8.24. The van der Waals surface area contributed by atoms with E-state index in [0.29, 0.717) is 11.7 Å². The van der Waals surface area contributed by atoms with Gasteiger partial charge >= 0.3 is 0 Å². The van der Waals surface area contributed by atoms with Gasteiger partial charge in [-0.05, 0) is 37.3 Å². The first-order valence-corrected chi connectivity index (χ1v) is 11.8. The standard InChI is InChI=1S/C24H24BrN5O2S/c1-17(2)15-30-23(19-10-12-20(25)13-11-19)28-29-24(30)33-16-22(31)27-26-14-6-8-18-7-4-5-9-21(18)32-3/h4-14H,1,15-16H2,2-3H3,(H,27,31)/b8-6+,26-14+. The summed E-state index contributed by atoms with van der Waals surface area (Å²) in [4.78, 5) is 12.2. The third kappa shape index (κ3) is 7.16. The van der Waals surface area contributed by atoms with Gasteiger partial charge in [-0.1, -0.05) is 70.2 Å². The number of allylic oxidation sites excluding steroid dienone is 2. The molecule has 0 saturated carbocycles. The number of hydrazone groups is 1. The van der Waals surface area contributed by atoms with Crippen LogP contribution < -0.4 is 10.2 Å². The number of nitrogens with zero attached hydrogens (tertiary/aromatic N) is 4. The minimum atomic E-state index is -0.239. The van der Waals surface area contributed by atoms with Crippen molar-refractivity contribution in [1.29, 1.82) is 0 Å². The van der Waals surface area contributed by atoms with Crippen molar-refractivity contribution in [3.63, 3.8) is 0 Å². The third-order valence-corrected chi connectivity index (χ3v) is 5.84. The molecule has 33 heavy (non-hydrogen) atoms. The van der Waals surface area contributed by atoms with E-state index in [1.807, 2.05) is 66.1 Å². The SMILES string of the molecule is C=C(C)Cn1c(SCC(=O)N/N=C/C=C/c2ccccc2OC)nnc1-c1ccc(Br)cc1. The smallest absolute Gasteiger partial charge is 0.250 e. The van der Waals surface area contributed by atoms with Gasteiger partial charge in [0.2, 0.25) is 0 Å². The number of benzene rings is 2. The first-order valence-electron chi connectivity index (χ1n) is 10.1. The first kappa shape index (κ1) is 24.5. The van der Waals surface area contributed by atoms with Gasteiger partial charge in [-0.2, -0.15) is 5.10 Å². The Morgan fingerprint density at radius 3 is 2.73 bits per heavy atom. The zero-order valence-electron chi connectivity index (χ0n) is 18.4. The molecule has 170 valence electrons. The molecule has 0 saturated heterocycles. The van der Waals surface area contributed by atoms with Crippen LogP contribution in [0.1, 0.15) is 12.5 Å². The van der Waals surface area contributed by atoms with Crippen LogP contribution >= 0.6 is 27.7 Å². The second-order valence-corrected chi connectivity index (χ2v) is 8.92. The Morgan fingerprint density at radius 2 is 2.00 bits per heavy atom. The number of carbonyl (C=O) groups is 1. The molecule has 0 radical (unpaired) electrons. The number of ether oxygens (including phenoxy) is 1. The summed E-state index contributed by atoms with van der Waals surface area (Å²) in [6, 6.07) is 15.5. The van der Waals surface area contributed by atoms with Crippen molar-refractivity contribution in [3.8, 4) is 17.1 Å². The second-order valence-electron chi connectivity index (χ2n) is 7.06. The maximum atomic E-state index is 12.2. The van der Waals surface area contributed by atoms with Crippen LogP contribution in [0, 0.1) is 0 Å². The van der Waals surface area contributed by atoms with Crippen LogP contribution in [0.3, 0.4) is 0 Å². The lowest BCUT2D eigenvalue weighted by Gasteiger charge is -2.10. The molecule has 0 aliphatic rings. The number of carbonyl (C=O) groups excluding carboxylic acids is 1. The van der Waals surface area contributed by atoms with Gasteiger partial charge in [0.15, 0.2) is 11.0 Å². The van der Waals surface area contributed by atoms with Crippen LogP contribution in [0.4, 0.5) is 0 Å². The summed E-state index contributed by atoms with van der Waals surface area (Å²) in [7, 11) is 1.62. The van der Waals surface area contributed by atoms with Crippen LogP contribution in [-0.2, 0) is 11.3 Å². The minimum absolute atomic E-state index is 0.155. The van der Waals surface area contributed by atoms with E-state index in [2.05, 4.69) is 43.2 Å². The lowest BCUT2D eigenvalue weighted by Crippen LogP contribution is -2.19. The topological polar surface area (TPSA) is 81.4 Å². The fraction of sp³-hybridized carbons (Fsp3) is 0.167. The van der Waals surface area contributed by atoms with Crippen molar-refractivity contribution in [2.45, 2.75) is 18.6 Å². The Bertz CT molecular complexity index is 1170. The van der Waals surface area contributed by atoms with E-state index in [1.165, 1.54) is 18.0 Å². The molecular formula is C24H24BrN5O2S. The van der Waals surface area contributed by atoms with Crippen molar-refractivity contribution in [3.05, 3.63) is 76.8 Å². The highest BCUT2D eigenvalue weighted by atomic mass is 79.9. The summed E-state index contributed by atoms with van der Waals surface area (Å²) in [5.74, 6) is 1.41. The van der Waals surface area contributed by atoms with E-state index in [9.17, 15) is 4.79 Å². The maximum absolute atomic E-state index is 12.2. The van der Waals surface area contributed by atoms with Gasteiger partial charge in [0.05, 0.1) is 12.9 Å². The zero-order valence-corrected chi connectivity index (χ0v) is 20.8. The van der Waals surface area contributed by atoms with Crippen molar-refractivity contribution in [2.75, 3.05) is 12.9 Å². The molecule has 1 heterocycles. The van der Waals surface area contributed by atoms with E-state index in [4.69, 9.17) is 4.74 Å². The van der Waals surface area contributed by atoms with Gasteiger partial charge in [0.1, 0.15) is 5.75 Å². The van der Waals surface area contributed by atoms with Crippen molar-refractivity contribution < 1.29 is 9.53 Å². The highest BCUT2D eigenvalue weighted by Crippen LogP contribution is 2.26. The van der Waals surface area contributed by atoms with Crippen molar-refractivity contribution in [2.24, 2.45) is 5.10 Å². The normalized spacial score (nSPS) is 11.2. The average molecular weight is 526 g/mol. The molecule has 0 bridgehead atoms. The van der Waals surface area contributed by atoms with Gasteiger partial charge < -0.3 is 4.74 Å². The average Bonchev–Trinajstić information content (AvgIpc) is 3.20. The van der Waals surface area contributed by atoms with E-state index in [1.54, 1.807) is 13.2 Å². The Hall–Kier alpha value is -3.17. The summed E-state index contributed by atoms with van der Waals surface area (Å²) in [5, 5.41) is 13.2. The lowest BCUT2D eigenvalue weighted by atomic mass is 10.2. The quantitative estimate of drug-likeness (QED) is 0.170. The Morgan fingerprint density at radius 1 is 1.24 bits per heavy atom. The predicted molar refractivity (Wildman–Crippen MR) is 137 cm³/mol. The lowest BCUT2D eigenvalue weighted by molar-refractivity contribution is -0.118. The van der Waals surface area contributed by atoms with Crippen LogP contribution in [0.5, 0.6) is 5.75 Å². The molecular weight excluding hydrogens is 502 g/mol. The summed E-state index contributed by atoms with van der Waals surface area (Å²) >= 11 is 4.74. The predicted octanol–water partition coefficient (Wildman–Crippen LogP) is 5.20. The fourth-order valence-corrected chi connectivity index (χ4v) is 3.88. The first-order chi connectivity index (χ1) is 16.0. The molecule has 1 aromatic heterocycles. The van der Waals surface area contributed by atoms with Gasteiger partial charge in [-0.25, -0.2) is 5.43 Å². The molecule has 2 aromatic carbocycles. The molecule has 9 heteroatoms. The number of rotatable bonds is 10. The van der Waals surface area contributed by atoms with Gasteiger partial charge in [0.25, 0.3) is 5.91 Å². The Kier molecular flexibility index (Phi) is 9.03. The number of methoxy groups -OCH3 is 1. The molecule has 3 aromatic rings. The number of halogens is 1. The summed E-state index contributed by atoms with van der Waals surface area (Å²) in [5.41, 5.74) is 5.35. The molecule has 0 unspecified atom stereocenters. The number of hydrogen-bond acceptors (Lipinski definition) is 6. The summed E-state index contributed by atoms with van der Waals surface area (Å²) in [6.07, 6.45) is 5.11. The highest BCUT2D eigenvalue weighted by Gasteiger charge is 2.15. The fourth-order valence-electron chi connectivity index (χ4n) is 2.89. The van der Waals surface area contributed by atoms with E-state index < -0.39 is 0 Å². The molecule has 3 rings (SSSR count). The molecule has 7 nitrogen and oxygen atoms in total. The van der Waals surface area contributed by atoms with Crippen molar-refractivity contribution in [1.82, 2.24) is 20.2 Å². The number of aromatic nitrogens is 3. The maximum Gasteiger partial charge on any atom is 0.250 e. The number of para-hydroxylation sites is 1. The minimum Gasteiger partial charge on any atom is -0.496 e. The van der Waals surface area contributed by atoms with Gasteiger partial charge in [0, 0.05) is 28.4 Å². The second kappa shape index (κ2) is 12.2. The number of hydrogen-bond donors (Lipinski definition) is 1. The molecule has 0 aliphatic heterocycles. The van der Waals surface area contributed by atoms with E-state index >= 15 is 0 Å². The van der Waals surface area contributed by atoms with E-state index in [-0.39, 0.29) is 11.7 Å². The molecule has 0 atom stereocenters. The number of amides is 1. The van der Waals surface area contributed by atoms with Crippen molar-refractivity contribution >= 4 is 45.9 Å². The third-order valence-electron chi connectivity index (χ3n) is 4.34.